The molecule has 0 bridgehead atoms. The van der Waals surface area contributed by atoms with Crippen molar-refractivity contribution in [3.63, 3.8) is 0 Å². The number of benzene rings is 1. The number of rotatable bonds is 3. The molecule has 1 heterocycles. The van der Waals surface area contributed by atoms with Gasteiger partial charge in [0.1, 0.15) is 0 Å². The molecule has 0 spiro atoms. The molecule has 16 heavy (non-hydrogen) atoms. The lowest BCUT2D eigenvalue weighted by Crippen LogP contribution is -1.90. The third-order valence-electron chi connectivity index (χ3n) is 2.92. The van der Waals surface area contributed by atoms with Crippen molar-refractivity contribution in [1.29, 1.82) is 0 Å². The normalized spacial score (nSPS) is 12.6. The summed E-state index contributed by atoms with van der Waals surface area (Å²) in [5.74, 6) is 0.634. The summed E-state index contributed by atoms with van der Waals surface area (Å²) in [4.78, 5) is 3.19. The van der Waals surface area contributed by atoms with Crippen LogP contribution in [0.15, 0.2) is 29.6 Å². The maximum atomic E-state index is 5.08. The number of H-pyrrole nitrogens is 1. The molecule has 1 unspecified atom stereocenters. The monoisotopic (exact) mass is 249 g/mol. The highest BCUT2D eigenvalue weighted by atomic mass is 32.1. The summed E-state index contributed by atoms with van der Waals surface area (Å²) in [5.41, 5.74) is 3.73. The Balaban J connectivity index is 2.29. The average Bonchev–Trinajstić information content (AvgIpc) is 2.75. The molecule has 84 valence electrons. The standard InChI is InChI=1S/C13H15NS2/c1-3-9(2)10-4-6-11(7-5-10)12-8-16-13(15)14-12/h4-9H,3H2,1-2H3,(H,14,15). The van der Waals surface area contributed by atoms with E-state index in [9.17, 15) is 0 Å². The van der Waals surface area contributed by atoms with Gasteiger partial charge in [0, 0.05) is 5.38 Å². The number of aromatic amines is 1. The second kappa shape index (κ2) is 4.93. The largest absolute Gasteiger partial charge is 0.337 e. The Morgan fingerprint density at radius 1 is 1.31 bits per heavy atom. The molecule has 0 aliphatic heterocycles. The fourth-order valence-corrected chi connectivity index (χ4v) is 2.49. The Bertz CT molecular complexity index is 507. The first kappa shape index (κ1) is 11.6. The molecule has 0 saturated carbocycles. The van der Waals surface area contributed by atoms with Gasteiger partial charge in [0.2, 0.25) is 0 Å². The summed E-state index contributed by atoms with van der Waals surface area (Å²) < 4.78 is 0.834. The molecule has 1 aromatic heterocycles. The lowest BCUT2D eigenvalue weighted by molar-refractivity contribution is 0.734. The van der Waals surface area contributed by atoms with Crippen LogP contribution in [0.25, 0.3) is 11.3 Å². The number of thiazole rings is 1. The molecule has 1 atom stereocenters. The van der Waals surface area contributed by atoms with E-state index in [0.717, 1.165) is 9.65 Å². The van der Waals surface area contributed by atoms with E-state index in [4.69, 9.17) is 12.2 Å². The first-order valence-corrected chi connectivity index (χ1v) is 6.77. The fraction of sp³-hybridized carbons (Fsp3) is 0.308. The molecule has 0 aliphatic carbocycles. The third kappa shape index (κ3) is 2.42. The maximum absolute atomic E-state index is 5.08. The highest BCUT2D eigenvalue weighted by Crippen LogP contribution is 2.24. The Labute approximate surface area is 105 Å². The van der Waals surface area contributed by atoms with Crippen LogP contribution in [0.3, 0.4) is 0 Å². The summed E-state index contributed by atoms with van der Waals surface area (Å²) >= 11 is 6.66. The van der Waals surface area contributed by atoms with E-state index in [1.165, 1.54) is 17.5 Å². The molecule has 1 N–H and O–H groups in total. The van der Waals surface area contributed by atoms with Crippen molar-refractivity contribution in [3.05, 3.63) is 39.2 Å². The molecular formula is C13H15NS2. The van der Waals surface area contributed by atoms with Crippen LogP contribution in [-0.4, -0.2) is 4.98 Å². The van der Waals surface area contributed by atoms with E-state index in [-0.39, 0.29) is 0 Å². The van der Waals surface area contributed by atoms with E-state index < -0.39 is 0 Å². The van der Waals surface area contributed by atoms with Crippen molar-refractivity contribution in [3.8, 4) is 11.3 Å². The summed E-state index contributed by atoms with van der Waals surface area (Å²) in [6.45, 7) is 4.47. The van der Waals surface area contributed by atoms with Gasteiger partial charge in [0.05, 0.1) is 5.69 Å². The molecule has 2 aromatic rings. The maximum Gasteiger partial charge on any atom is 0.158 e. The molecule has 0 saturated heterocycles. The van der Waals surface area contributed by atoms with E-state index in [0.29, 0.717) is 5.92 Å². The molecule has 0 radical (unpaired) electrons. The zero-order chi connectivity index (χ0) is 11.5. The molecule has 3 heteroatoms. The predicted octanol–water partition coefficient (Wildman–Crippen LogP) is 4.99. The van der Waals surface area contributed by atoms with Gasteiger partial charge in [-0.2, -0.15) is 0 Å². The lowest BCUT2D eigenvalue weighted by atomic mass is 9.97. The summed E-state index contributed by atoms with van der Waals surface area (Å²) in [6.07, 6.45) is 1.18. The van der Waals surface area contributed by atoms with E-state index >= 15 is 0 Å². The van der Waals surface area contributed by atoms with Gasteiger partial charge in [-0.25, -0.2) is 0 Å². The molecule has 0 fully saturated rings. The first-order valence-electron chi connectivity index (χ1n) is 5.49. The summed E-state index contributed by atoms with van der Waals surface area (Å²) in [7, 11) is 0. The topological polar surface area (TPSA) is 15.8 Å². The van der Waals surface area contributed by atoms with E-state index in [2.05, 4.69) is 48.5 Å². The van der Waals surface area contributed by atoms with Crippen molar-refractivity contribution in [1.82, 2.24) is 4.98 Å². The van der Waals surface area contributed by atoms with Crippen LogP contribution in [0.4, 0.5) is 0 Å². The van der Waals surface area contributed by atoms with Gasteiger partial charge in [-0.05, 0) is 35.7 Å². The van der Waals surface area contributed by atoms with Crippen LogP contribution < -0.4 is 0 Å². The lowest BCUT2D eigenvalue weighted by Gasteiger charge is -2.09. The molecular weight excluding hydrogens is 234 g/mol. The number of hydrogen-bond acceptors (Lipinski definition) is 2. The number of hydrogen-bond donors (Lipinski definition) is 1. The van der Waals surface area contributed by atoms with Crippen molar-refractivity contribution < 1.29 is 0 Å². The van der Waals surface area contributed by atoms with Gasteiger partial charge in [-0.3, -0.25) is 0 Å². The molecule has 0 amide bonds. The molecule has 0 aliphatic rings. The summed E-state index contributed by atoms with van der Waals surface area (Å²) in [6, 6.07) is 8.74. The van der Waals surface area contributed by atoms with Crippen molar-refractivity contribution in [2.45, 2.75) is 26.2 Å². The third-order valence-corrected chi connectivity index (χ3v) is 3.98. The Morgan fingerprint density at radius 3 is 2.50 bits per heavy atom. The number of aromatic nitrogens is 1. The van der Waals surface area contributed by atoms with Crippen LogP contribution in [-0.2, 0) is 0 Å². The van der Waals surface area contributed by atoms with E-state index in [1.54, 1.807) is 11.3 Å². The second-order valence-corrected chi connectivity index (χ2v) is 5.54. The van der Waals surface area contributed by atoms with Crippen LogP contribution >= 0.6 is 23.6 Å². The minimum Gasteiger partial charge on any atom is -0.337 e. The molecule has 1 nitrogen and oxygen atoms in total. The minimum atomic E-state index is 0.634. The van der Waals surface area contributed by atoms with Gasteiger partial charge >= 0.3 is 0 Å². The molecule has 2 rings (SSSR count). The van der Waals surface area contributed by atoms with Crippen LogP contribution in [0, 0.1) is 3.95 Å². The van der Waals surface area contributed by atoms with Gasteiger partial charge in [0.15, 0.2) is 3.95 Å². The highest BCUT2D eigenvalue weighted by Gasteiger charge is 2.04. The molecule has 1 aromatic carbocycles. The van der Waals surface area contributed by atoms with Gasteiger partial charge in [-0.15, -0.1) is 11.3 Å². The van der Waals surface area contributed by atoms with Gasteiger partial charge in [0.25, 0.3) is 0 Å². The first-order chi connectivity index (χ1) is 7.70. The Kier molecular flexibility index (Phi) is 3.56. The SMILES string of the molecule is CCC(C)c1ccc(-c2csc(=S)[nH]2)cc1. The van der Waals surface area contributed by atoms with Gasteiger partial charge in [-0.1, -0.05) is 38.1 Å². The van der Waals surface area contributed by atoms with Crippen LogP contribution in [0.1, 0.15) is 31.7 Å². The Morgan fingerprint density at radius 2 is 2.00 bits per heavy atom. The Hall–Kier alpha value is -0.930. The quantitative estimate of drug-likeness (QED) is 0.758. The second-order valence-electron chi connectivity index (χ2n) is 3.99. The highest BCUT2D eigenvalue weighted by molar-refractivity contribution is 7.73. The zero-order valence-corrected chi connectivity index (χ0v) is 11.1. The van der Waals surface area contributed by atoms with Crippen LogP contribution in [0.5, 0.6) is 0 Å². The minimum absolute atomic E-state index is 0.634. The number of nitrogens with one attached hydrogen (secondary N) is 1. The van der Waals surface area contributed by atoms with Gasteiger partial charge < -0.3 is 4.98 Å². The van der Waals surface area contributed by atoms with Crippen molar-refractivity contribution in [2.75, 3.05) is 0 Å². The van der Waals surface area contributed by atoms with Crippen molar-refractivity contribution in [2.24, 2.45) is 0 Å². The summed E-state index contributed by atoms with van der Waals surface area (Å²) in [5, 5.41) is 2.07. The predicted molar refractivity (Wildman–Crippen MR) is 73.6 cm³/mol. The average molecular weight is 249 g/mol. The van der Waals surface area contributed by atoms with E-state index in [1.807, 2.05) is 0 Å². The van der Waals surface area contributed by atoms with Crippen molar-refractivity contribution >= 4 is 23.6 Å². The smallest absolute Gasteiger partial charge is 0.158 e. The fourth-order valence-electron chi connectivity index (χ4n) is 1.65. The zero-order valence-electron chi connectivity index (χ0n) is 9.49. The van der Waals surface area contributed by atoms with Crippen LogP contribution in [0.2, 0.25) is 0 Å².